The lowest BCUT2D eigenvalue weighted by molar-refractivity contribution is 0.0411. The minimum atomic E-state index is -0.00207. The van der Waals surface area contributed by atoms with E-state index in [0.717, 1.165) is 17.3 Å². The Hall–Kier alpha value is -1.50. The highest BCUT2D eigenvalue weighted by Crippen LogP contribution is 2.15. The molecule has 1 aromatic rings. The number of rotatable bonds is 13. The van der Waals surface area contributed by atoms with Gasteiger partial charge in [-0.25, -0.2) is 4.99 Å². The Morgan fingerprint density at radius 2 is 1.93 bits per heavy atom. The number of alkyl halides is 1. The maximum absolute atomic E-state index is 6.10. The molecule has 0 amide bonds. The van der Waals surface area contributed by atoms with Crippen molar-refractivity contribution in [3.05, 3.63) is 47.7 Å². The molecular weight excluding hydrogens is 420 g/mol. The largest absolute Gasteiger partial charge is 0.480 e. The quantitative estimate of drug-likeness (QED) is 0.239. The van der Waals surface area contributed by atoms with E-state index in [1.165, 1.54) is 0 Å². The van der Waals surface area contributed by atoms with Crippen LogP contribution < -0.4 is 0 Å². The van der Waals surface area contributed by atoms with Crippen molar-refractivity contribution < 1.29 is 14.2 Å². The number of benzene rings is 1. The third-order valence-corrected chi connectivity index (χ3v) is 4.76. The number of hydrogen-bond donors (Lipinski definition) is 0. The number of aliphatic imine (C=N–C) groups is 2. The molecule has 0 heterocycles. The summed E-state index contributed by atoms with van der Waals surface area (Å²) in [5.41, 5.74) is 1.79. The Morgan fingerprint density at radius 3 is 2.46 bits per heavy atom. The van der Waals surface area contributed by atoms with Crippen LogP contribution in [0.3, 0.4) is 0 Å². The van der Waals surface area contributed by atoms with Crippen molar-refractivity contribution in [2.24, 2.45) is 15.9 Å². The van der Waals surface area contributed by atoms with Crippen molar-refractivity contribution >= 4 is 28.5 Å². The van der Waals surface area contributed by atoms with Crippen LogP contribution in [0.15, 0.2) is 52.1 Å². The van der Waals surface area contributed by atoms with Gasteiger partial charge in [-0.05, 0) is 31.0 Å². The van der Waals surface area contributed by atoms with Gasteiger partial charge in [0.25, 0.3) is 0 Å². The highest BCUT2D eigenvalue weighted by molar-refractivity contribution is 9.09. The lowest BCUT2D eigenvalue weighted by atomic mass is 10.1. The highest BCUT2D eigenvalue weighted by atomic mass is 79.9. The first-order valence-electron chi connectivity index (χ1n) is 9.55. The summed E-state index contributed by atoms with van der Waals surface area (Å²) in [7, 11) is 3.28. The third kappa shape index (κ3) is 9.13. The monoisotopic (exact) mass is 452 g/mol. The predicted octanol–water partition coefficient (Wildman–Crippen LogP) is 5.05. The van der Waals surface area contributed by atoms with E-state index < -0.39 is 0 Å². The van der Waals surface area contributed by atoms with Crippen LogP contribution in [-0.4, -0.2) is 50.9 Å². The van der Waals surface area contributed by atoms with Gasteiger partial charge in [0.15, 0.2) is 0 Å². The molecule has 1 rings (SSSR count). The maximum Gasteiger partial charge on any atom is 0.235 e. The zero-order valence-corrected chi connectivity index (χ0v) is 19.0. The molecule has 0 unspecified atom stereocenters. The average Bonchev–Trinajstić information content (AvgIpc) is 2.71. The predicted molar refractivity (Wildman–Crippen MR) is 121 cm³/mol. The second-order valence-corrected chi connectivity index (χ2v) is 7.58. The van der Waals surface area contributed by atoms with E-state index in [-0.39, 0.29) is 12.1 Å². The normalized spacial score (nSPS) is 14.8. The SMILES string of the molecule is C=N/C(=C\C[C@H](CCBr)OCc1ccccc1)C(=N[C@@H](COC)C(C)C)OC. The highest BCUT2D eigenvalue weighted by Gasteiger charge is 2.16. The Labute approximate surface area is 178 Å². The van der Waals surface area contributed by atoms with E-state index in [1.54, 1.807) is 14.2 Å². The smallest absolute Gasteiger partial charge is 0.235 e. The van der Waals surface area contributed by atoms with Gasteiger partial charge in [0.05, 0.1) is 32.5 Å². The summed E-state index contributed by atoms with van der Waals surface area (Å²) in [6, 6.07) is 10.2. The van der Waals surface area contributed by atoms with Gasteiger partial charge in [-0.15, -0.1) is 0 Å². The van der Waals surface area contributed by atoms with Crippen LogP contribution in [0, 0.1) is 5.92 Å². The standard InChI is InChI=1S/C22H33BrN2O3/c1-17(2)21(16-26-4)25-22(27-5)20(24-3)12-11-19(13-14-23)28-15-18-9-7-6-8-10-18/h6-10,12,17,19,21H,3,11,13-16H2,1-2,4-5H3/b20-12-,25-22?/t19-,21+/m1/s1. The van der Waals surface area contributed by atoms with Crippen molar-refractivity contribution in [3.8, 4) is 0 Å². The minimum absolute atomic E-state index is 0.00207. The molecule has 0 aliphatic heterocycles. The molecule has 28 heavy (non-hydrogen) atoms. The zero-order valence-electron chi connectivity index (χ0n) is 17.4. The molecule has 0 N–H and O–H groups in total. The molecule has 0 aliphatic carbocycles. The first kappa shape index (κ1) is 24.5. The van der Waals surface area contributed by atoms with Crippen molar-refractivity contribution in [3.63, 3.8) is 0 Å². The zero-order chi connectivity index (χ0) is 20.8. The molecule has 5 nitrogen and oxygen atoms in total. The number of halogens is 1. The fourth-order valence-electron chi connectivity index (χ4n) is 2.57. The molecule has 0 fully saturated rings. The minimum Gasteiger partial charge on any atom is -0.480 e. The van der Waals surface area contributed by atoms with Crippen molar-refractivity contribution in [1.82, 2.24) is 0 Å². The molecule has 0 bridgehead atoms. The van der Waals surface area contributed by atoms with Gasteiger partial charge in [0, 0.05) is 12.4 Å². The van der Waals surface area contributed by atoms with Gasteiger partial charge >= 0.3 is 0 Å². The second kappa shape index (κ2) is 14.5. The third-order valence-electron chi connectivity index (χ3n) is 4.31. The summed E-state index contributed by atoms with van der Waals surface area (Å²) in [6.45, 7) is 9.01. The number of methoxy groups -OCH3 is 2. The summed E-state index contributed by atoms with van der Waals surface area (Å²) in [5, 5.41) is 0.867. The van der Waals surface area contributed by atoms with Crippen LogP contribution >= 0.6 is 15.9 Å². The van der Waals surface area contributed by atoms with Gasteiger partial charge in [-0.1, -0.05) is 66.2 Å². The second-order valence-electron chi connectivity index (χ2n) is 6.78. The Balaban J connectivity index is 2.85. The molecule has 6 heteroatoms. The molecule has 2 atom stereocenters. The molecule has 0 radical (unpaired) electrons. The van der Waals surface area contributed by atoms with Gasteiger partial charge < -0.3 is 14.2 Å². The first-order chi connectivity index (χ1) is 13.5. The van der Waals surface area contributed by atoms with Crippen LogP contribution in [0.25, 0.3) is 0 Å². The molecule has 0 aromatic heterocycles. The van der Waals surface area contributed by atoms with Crippen molar-refractivity contribution in [2.45, 2.75) is 45.4 Å². The summed E-state index contributed by atoms with van der Waals surface area (Å²) in [5.74, 6) is 0.804. The fourth-order valence-corrected chi connectivity index (χ4v) is 3.08. The average molecular weight is 453 g/mol. The van der Waals surface area contributed by atoms with Gasteiger partial charge in [0.2, 0.25) is 5.90 Å². The molecule has 0 saturated heterocycles. The van der Waals surface area contributed by atoms with E-state index in [4.69, 9.17) is 14.2 Å². The van der Waals surface area contributed by atoms with E-state index in [0.29, 0.717) is 37.1 Å². The number of nitrogens with zero attached hydrogens (tertiary/aromatic N) is 2. The first-order valence-corrected chi connectivity index (χ1v) is 10.7. The summed E-state index contributed by atoms with van der Waals surface area (Å²) in [6.07, 6.45) is 3.64. The van der Waals surface area contributed by atoms with Crippen LogP contribution in [0.4, 0.5) is 0 Å². The van der Waals surface area contributed by atoms with Crippen LogP contribution in [0.5, 0.6) is 0 Å². The van der Waals surface area contributed by atoms with Crippen LogP contribution in [0.1, 0.15) is 32.3 Å². The Bertz CT molecular complexity index is 617. The summed E-state index contributed by atoms with van der Waals surface area (Å²) in [4.78, 5) is 8.82. The van der Waals surface area contributed by atoms with Crippen LogP contribution in [-0.2, 0) is 20.8 Å². The Kier molecular flexibility index (Phi) is 12.7. The van der Waals surface area contributed by atoms with Crippen molar-refractivity contribution in [1.29, 1.82) is 0 Å². The molecule has 0 spiro atoms. The Morgan fingerprint density at radius 1 is 1.21 bits per heavy atom. The molecule has 0 saturated carbocycles. The molecule has 1 aromatic carbocycles. The summed E-state index contributed by atoms with van der Waals surface area (Å²) < 4.78 is 16.9. The van der Waals surface area contributed by atoms with Gasteiger partial charge in [-0.3, -0.25) is 4.99 Å². The fraction of sp³-hybridized carbons (Fsp3) is 0.545. The summed E-state index contributed by atoms with van der Waals surface area (Å²) >= 11 is 3.51. The molecular formula is C22H33BrN2O3. The number of ether oxygens (including phenoxy) is 3. The van der Waals surface area contributed by atoms with E-state index in [9.17, 15) is 0 Å². The van der Waals surface area contributed by atoms with E-state index >= 15 is 0 Å². The lowest BCUT2D eigenvalue weighted by Crippen LogP contribution is -2.22. The lowest BCUT2D eigenvalue weighted by Gasteiger charge is -2.18. The van der Waals surface area contributed by atoms with Gasteiger partial charge in [0.1, 0.15) is 5.70 Å². The van der Waals surface area contributed by atoms with Gasteiger partial charge in [-0.2, -0.15) is 0 Å². The molecule has 0 aliphatic rings. The van der Waals surface area contributed by atoms with Crippen LogP contribution in [0.2, 0.25) is 0 Å². The topological polar surface area (TPSA) is 52.4 Å². The van der Waals surface area contributed by atoms with E-state index in [2.05, 4.69) is 58.6 Å². The molecule has 156 valence electrons. The van der Waals surface area contributed by atoms with E-state index in [1.807, 2.05) is 24.3 Å². The maximum atomic E-state index is 6.10. The number of hydrogen-bond acceptors (Lipinski definition) is 5. The van der Waals surface area contributed by atoms with Crippen molar-refractivity contribution in [2.75, 3.05) is 26.2 Å².